The van der Waals surface area contributed by atoms with Gasteiger partial charge in [-0.15, -0.1) is 0 Å². The zero-order valence-electron chi connectivity index (χ0n) is 8.77. The van der Waals surface area contributed by atoms with Crippen LogP contribution in [0, 0.1) is 0 Å². The van der Waals surface area contributed by atoms with Crippen LogP contribution in [-0.4, -0.2) is 41.7 Å². The Morgan fingerprint density at radius 2 is 2.13 bits per heavy atom. The van der Waals surface area contributed by atoms with Crippen molar-refractivity contribution < 1.29 is 9.53 Å². The van der Waals surface area contributed by atoms with E-state index in [-0.39, 0.29) is 5.91 Å². The van der Waals surface area contributed by atoms with Crippen LogP contribution in [0.5, 0.6) is 0 Å². The third kappa shape index (κ3) is 1.97. The van der Waals surface area contributed by atoms with Crippen LogP contribution in [-0.2, 0) is 11.8 Å². The van der Waals surface area contributed by atoms with Gasteiger partial charge in [-0.1, -0.05) is 0 Å². The van der Waals surface area contributed by atoms with Crippen molar-refractivity contribution >= 4 is 11.6 Å². The molecular weight excluding hydrogens is 194 g/mol. The lowest BCUT2D eigenvalue weighted by Gasteiger charge is -2.26. The van der Waals surface area contributed by atoms with Gasteiger partial charge in [-0.3, -0.25) is 4.79 Å². The molecule has 0 bridgehead atoms. The molecule has 1 aliphatic heterocycles. The minimum atomic E-state index is 0.0255. The topological polar surface area (TPSA) is 60.5 Å². The van der Waals surface area contributed by atoms with E-state index in [4.69, 9.17) is 10.5 Å². The normalized spacial score (nSPS) is 16.7. The molecule has 15 heavy (non-hydrogen) atoms. The number of nitrogens with two attached hydrogens (primary N) is 1. The summed E-state index contributed by atoms with van der Waals surface area (Å²) in [5.74, 6) is 0.0255. The molecule has 0 spiro atoms. The van der Waals surface area contributed by atoms with Gasteiger partial charge in [0.15, 0.2) is 0 Å². The Morgan fingerprint density at radius 1 is 1.47 bits per heavy atom. The van der Waals surface area contributed by atoms with E-state index in [1.165, 1.54) is 0 Å². The zero-order valence-corrected chi connectivity index (χ0v) is 8.77. The second kappa shape index (κ2) is 3.94. The summed E-state index contributed by atoms with van der Waals surface area (Å²) in [5.41, 5.74) is 6.88. The second-order valence-corrected chi connectivity index (χ2v) is 3.67. The van der Waals surface area contributed by atoms with Gasteiger partial charge in [0, 0.05) is 26.3 Å². The summed E-state index contributed by atoms with van der Waals surface area (Å²) in [4.78, 5) is 13.8. The number of carbonyl (C=O) groups is 1. The number of amides is 1. The molecular formula is C10H15N3O2. The number of aryl methyl sites for hydroxylation is 1. The van der Waals surface area contributed by atoms with Gasteiger partial charge in [0.2, 0.25) is 0 Å². The quantitative estimate of drug-likeness (QED) is 0.712. The van der Waals surface area contributed by atoms with E-state index in [9.17, 15) is 4.79 Å². The van der Waals surface area contributed by atoms with E-state index in [2.05, 4.69) is 0 Å². The van der Waals surface area contributed by atoms with E-state index >= 15 is 0 Å². The van der Waals surface area contributed by atoms with Crippen molar-refractivity contribution in [3.8, 4) is 0 Å². The van der Waals surface area contributed by atoms with Gasteiger partial charge in [0.1, 0.15) is 5.69 Å². The number of hydrogen-bond donors (Lipinski definition) is 1. The molecule has 1 saturated heterocycles. The number of anilines is 1. The number of carbonyl (C=O) groups excluding carboxylic acids is 1. The number of ether oxygens (including phenoxy) is 1. The van der Waals surface area contributed by atoms with Crippen molar-refractivity contribution in [2.75, 3.05) is 32.0 Å². The monoisotopic (exact) mass is 209 g/mol. The van der Waals surface area contributed by atoms with Crippen molar-refractivity contribution in [2.45, 2.75) is 0 Å². The zero-order chi connectivity index (χ0) is 10.8. The summed E-state index contributed by atoms with van der Waals surface area (Å²) in [6.07, 6.45) is 1.74. The van der Waals surface area contributed by atoms with E-state index in [0.717, 1.165) is 0 Å². The average Bonchev–Trinajstić information content (AvgIpc) is 2.58. The second-order valence-electron chi connectivity index (χ2n) is 3.67. The number of hydrogen-bond acceptors (Lipinski definition) is 3. The minimum Gasteiger partial charge on any atom is -0.397 e. The van der Waals surface area contributed by atoms with Crippen LogP contribution >= 0.6 is 0 Å². The summed E-state index contributed by atoms with van der Waals surface area (Å²) in [5, 5.41) is 0. The Hall–Kier alpha value is -1.49. The van der Waals surface area contributed by atoms with Gasteiger partial charge < -0.3 is 19.9 Å². The van der Waals surface area contributed by atoms with Crippen molar-refractivity contribution in [3.63, 3.8) is 0 Å². The number of aromatic nitrogens is 1. The first-order valence-electron chi connectivity index (χ1n) is 4.97. The number of nitrogens with zero attached hydrogens (tertiary/aromatic N) is 2. The molecule has 2 heterocycles. The maximum absolute atomic E-state index is 12.0. The van der Waals surface area contributed by atoms with E-state index < -0.39 is 0 Å². The third-order valence-corrected chi connectivity index (χ3v) is 2.54. The number of rotatable bonds is 1. The van der Waals surface area contributed by atoms with Gasteiger partial charge in [-0.2, -0.15) is 0 Å². The minimum absolute atomic E-state index is 0.0255. The summed E-state index contributed by atoms with van der Waals surface area (Å²) in [6.45, 7) is 2.55. The maximum Gasteiger partial charge on any atom is 0.270 e. The summed E-state index contributed by atoms with van der Waals surface area (Å²) < 4.78 is 6.95. The van der Waals surface area contributed by atoms with Crippen molar-refractivity contribution in [1.82, 2.24) is 9.47 Å². The van der Waals surface area contributed by atoms with E-state index in [0.29, 0.717) is 37.7 Å². The fourth-order valence-electron chi connectivity index (χ4n) is 1.73. The highest BCUT2D eigenvalue weighted by Gasteiger charge is 2.20. The van der Waals surface area contributed by atoms with Crippen LogP contribution < -0.4 is 5.73 Å². The maximum atomic E-state index is 12.0. The Balaban J connectivity index is 2.16. The largest absolute Gasteiger partial charge is 0.397 e. The molecule has 1 aromatic rings. The molecule has 2 N–H and O–H groups in total. The van der Waals surface area contributed by atoms with Crippen molar-refractivity contribution in [1.29, 1.82) is 0 Å². The van der Waals surface area contributed by atoms with E-state index in [1.54, 1.807) is 21.7 Å². The fraction of sp³-hybridized carbons (Fsp3) is 0.500. The lowest BCUT2D eigenvalue weighted by atomic mass is 10.3. The summed E-state index contributed by atoms with van der Waals surface area (Å²) in [6, 6.07) is 1.71. The molecule has 2 rings (SSSR count). The lowest BCUT2D eigenvalue weighted by molar-refractivity contribution is 0.0296. The number of nitrogen functional groups attached to an aromatic ring is 1. The van der Waals surface area contributed by atoms with Gasteiger partial charge in [-0.05, 0) is 6.07 Å². The smallest absolute Gasteiger partial charge is 0.270 e. The molecule has 1 aliphatic rings. The highest BCUT2D eigenvalue weighted by Crippen LogP contribution is 2.12. The molecule has 1 amide bonds. The van der Waals surface area contributed by atoms with Gasteiger partial charge in [0.25, 0.3) is 5.91 Å². The molecule has 5 heteroatoms. The van der Waals surface area contributed by atoms with Crippen LogP contribution in [0.15, 0.2) is 12.3 Å². The van der Waals surface area contributed by atoms with Crippen LogP contribution in [0.3, 0.4) is 0 Å². The Bertz CT molecular complexity index is 367. The molecule has 0 aliphatic carbocycles. The first-order valence-corrected chi connectivity index (χ1v) is 4.97. The molecule has 0 unspecified atom stereocenters. The highest BCUT2D eigenvalue weighted by atomic mass is 16.5. The van der Waals surface area contributed by atoms with E-state index in [1.807, 2.05) is 7.05 Å². The van der Waals surface area contributed by atoms with Crippen LogP contribution in [0.2, 0.25) is 0 Å². The number of morpholine rings is 1. The third-order valence-electron chi connectivity index (χ3n) is 2.54. The molecule has 0 saturated carbocycles. The molecule has 82 valence electrons. The van der Waals surface area contributed by atoms with Crippen LogP contribution in [0.4, 0.5) is 5.69 Å². The first-order chi connectivity index (χ1) is 7.18. The molecule has 0 atom stereocenters. The SMILES string of the molecule is Cn1cc(N)cc1C(=O)N1CCOCC1. The van der Waals surface area contributed by atoms with Gasteiger partial charge >= 0.3 is 0 Å². The Kier molecular flexibility index (Phi) is 2.64. The molecule has 1 fully saturated rings. The van der Waals surface area contributed by atoms with Gasteiger partial charge in [0.05, 0.1) is 18.9 Å². The standard InChI is InChI=1S/C10H15N3O2/c1-12-7-8(11)6-9(12)10(14)13-2-4-15-5-3-13/h6-7H,2-5,11H2,1H3. The Labute approximate surface area is 88.4 Å². The predicted octanol–water partition coefficient (Wildman–Crippen LogP) is 0.0797. The molecule has 1 aromatic heterocycles. The predicted molar refractivity (Wildman–Crippen MR) is 56.5 cm³/mol. The molecule has 0 aromatic carbocycles. The summed E-state index contributed by atoms with van der Waals surface area (Å²) >= 11 is 0. The lowest BCUT2D eigenvalue weighted by Crippen LogP contribution is -2.41. The average molecular weight is 209 g/mol. The highest BCUT2D eigenvalue weighted by molar-refractivity contribution is 5.93. The molecule has 0 radical (unpaired) electrons. The summed E-state index contributed by atoms with van der Waals surface area (Å²) in [7, 11) is 1.82. The first kappa shape index (κ1) is 10.0. The van der Waals surface area contributed by atoms with Gasteiger partial charge in [-0.25, -0.2) is 0 Å². The molecule has 5 nitrogen and oxygen atoms in total. The van der Waals surface area contributed by atoms with Crippen LogP contribution in [0.1, 0.15) is 10.5 Å². The van der Waals surface area contributed by atoms with Crippen molar-refractivity contribution in [3.05, 3.63) is 18.0 Å². The fourth-order valence-corrected chi connectivity index (χ4v) is 1.73. The van der Waals surface area contributed by atoms with Crippen LogP contribution in [0.25, 0.3) is 0 Å². The van der Waals surface area contributed by atoms with Crippen molar-refractivity contribution in [2.24, 2.45) is 7.05 Å². The Morgan fingerprint density at radius 3 is 2.67 bits per heavy atom.